The molecule has 0 heterocycles. The van der Waals surface area contributed by atoms with E-state index in [-0.39, 0.29) is 12.0 Å². The van der Waals surface area contributed by atoms with Crippen molar-refractivity contribution in [1.82, 2.24) is 0 Å². The highest BCUT2D eigenvalue weighted by atomic mass is 16.5. The third kappa shape index (κ3) is 3.96. The summed E-state index contributed by atoms with van der Waals surface area (Å²) in [7, 11) is 1.54. The minimum Gasteiger partial charge on any atom is -0.495 e. The smallest absolute Gasteiger partial charge is 0.306 e. The van der Waals surface area contributed by atoms with Gasteiger partial charge in [-0.05, 0) is 43.4 Å². The Kier molecular flexibility index (Phi) is 5.18. The summed E-state index contributed by atoms with van der Waals surface area (Å²) >= 11 is 0. The summed E-state index contributed by atoms with van der Waals surface area (Å²) in [4.78, 5) is 10.9. The normalized spacial score (nSPS) is 21.5. The van der Waals surface area contributed by atoms with Crippen LogP contribution in [0.25, 0.3) is 0 Å². The molecule has 0 spiro atoms. The second kappa shape index (κ2) is 7.09. The van der Waals surface area contributed by atoms with Gasteiger partial charge in [0.2, 0.25) is 0 Å². The van der Waals surface area contributed by atoms with Crippen LogP contribution in [0.3, 0.4) is 0 Å². The van der Waals surface area contributed by atoms with E-state index in [0.717, 1.165) is 18.4 Å². The molecule has 0 atom stereocenters. The molecule has 1 aromatic carbocycles. The number of nitrogens with zero attached hydrogens (tertiary/aromatic N) is 1. The third-order valence-electron chi connectivity index (χ3n) is 3.90. The number of carboxylic acid groups (broad SMARTS) is 1. The Labute approximate surface area is 124 Å². The first-order valence-electron chi connectivity index (χ1n) is 7.05. The van der Waals surface area contributed by atoms with Gasteiger partial charge in [0, 0.05) is 0 Å². The van der Waals surface area contributed by atoms with Crippen molar-refractivity contribution in [2.45, 2.75) is 38.4 Å². The Bertz CT molecular complexity index is 542. The van der Waals surface area contributed by atoms with Crippen LogP contribution in [0.4, 0.5) is 0 Å². The lowest BCUT2D eigenvalue weighted by molar-refractivity contribution is -0.143. The van der Waals surface area contributed by atoms with Gasteiger partial charge < -0.3 is 14.6 Å². The van der Waals surface area contributed by atoms with Gasteiger partial charge in [-0.15, -0.1) is 0 Å². The molecule has 21 heavy (non-hydrogen) atoms. The van der Waals surface area contributed by atoms with Crippen LogP contribution in [-0.4, -0.2) is 24.3 Å². The summed E-state index contributed by atoms with van der Waals surface area (Å²) in [6, 6.07) is 7.45. The number of methoxy groups -OCH3 is 1. The SMILES string of the molecule is COc1cc(COC2CCC(C(=O)O)CC2)ccc1C#N. The molecule has 0 radical (unpaired) electrons. The standard InChI is InChI=1S/C16H19NO4/c1-20-15-8-11(2-3-13(15)9-17)10-21-14-6-4-12(5-7-14)16(18)19/h2-3,8,12,14H,4-7,10H2,1H3,(H,18,19). The van der Waals surface area contributed by atoms with E-state index in [1.165, 1.54) is 7.11 Å². The van der Waals surface area contributed by atoms with Crippen molar-refractivity contribution in [2.75, 3.05) is 7.11 Å². The Morgan fingerprint density at radius 1 is 1.38 bits per heavy atom. The van der Waals surface area contributed by atoms with Gasteiger partial charge in [0.15, 0.2) is 0 Å². The number of nitriles is 1. The molecule has 1 fully saturated rings. The summed E-state index contributed by atoms with van der Waals surface area (Å²) in [5, 5.41) is 17.9. The molecular formula is C16H19NO4. The maximum absolute atomic E-state index is 10.9. The fourth-order valence-corrected chi connectivity index (χ4v) is 2.61. The van der Waals surface area contributed by atoms with Crippen LogP contribution in [0.15, 0.2) is 18.2 Å². The molecule has 0 aromatic heterocycles. The van der Waals surface area contributed by atoms with E-state index >= 15 is 0 Å². The molecule has 112 valence electrons. The lowest BCUT2D eigenvalue weighted by Gasteiger charge is -2.26. The number of hydrogen-bond donors (Lipinski definition) is 1. The molecular weight excluding hydrogens is 270 g/mol. The van der Waals surface area contributed by atoms with Crippen LogP contribution in [0.2, 0.25) is 0 Å². The second-order valence-electron chi connectivity index (χ2n) is 5.27. The fraction of sp³-hybridized carbons (Fsp3) is 0.500. The number of rotatable bonds is 5. The van der Waals surface area contributed by atoms with Crippen molar-refractivity contribution in [1.29, 1.82) is 5.26 Å². The van der Waals surface area contributed by atoms with Crippen LogP contribution in [0.5, 0.6) is 5.75 Å². The van der Waals surface area contributed by atoms with Gasteiger partial charge in [-0.25, -0.2) is 0 Å². The largest absolute Gasteiger partial charge is 0.495 e. The van der Waals surface area contributed by atoms with Crippen molar-refractivity contribution in [2.24, 2.45) is 5.92 Å². The summed E-state index contributed by atoms with van der Waals surface area (Å²) in [5.41, 5.74) is 1.45. The van der Waals surface area contributed by atoms with Gasteiger partial charge in [-0.2, -0.15) is 5.26 Å². The Balaban J connectivity index is 1.87. The average molecular weight is 289 g/mol. The van der Waals surface area contributed by atoms with Gasteiger partial charge >= 0.3 is 5.97 Å². The number of benzene rings is 1. The minimum absolute atomic E-state index is 0.113. The molecule has 0 amide bonds. The van der Waals surface area contributed by atoms with Crippen molar-refractivity contribution in [3.63, 3.8) is 0 Å². The highest BCUT2D eigenvalue weighted by molar-refractivity contribution is 5.70. The zero-order valence-electron chi connectivity index (χ0n) is 12.0. The predicted octanol–water partition coefficient (Wildman–Crippen LogP) is 2.73. The maximum atomic E-state index is 10.9. The zero-order chi connectivity index (χ0) is 15.2. The van der Waals surface area contributed by atoms with E-state index in [9.17, 15) is 4.79 Å². The highest BCUT2D eigenvalue weighted by Crippen LogP contribution is 2.27. The lowest BCUT2D eigenvalue weighted by Crippen LogP contribution is -2.25. The highest BCUT2D eigenvalue weighted by Gasteiger charge is 2.26. The van der Waals surface area contributed by atoms with Gasteiger partial charge in [0.05, 0.1) is 31.3 Å². The molecule has 0 aliphatic heterocycles. The first kappa shape index (κ1) is 15.3. The maximum Gasteiger partial charge on any atom is 0.306 e. The van der Waals surface area contributed by atoms with E-state index in [0.29, 0.717) is 30.8 Å². The molecule has 1 aromatic rings. The molecule has 0 bridgehead atoms. The zero-order valence-corrected chi connectivity index (χ0v) is 12.0. The average Bonchev–Trinajstić information content (AvgIpc) is 2.52. The van der Waals surface area contributed by atoms with Gasteiger partial charge in [-0.3, -0.25) is 4.79 Å². The molecule has 1 N–H and O–H groups in total. The number of carboxylic acids is 1. The van der Waals surface area contributed by atoms with Gasteiger partial charge in [0.1, 0.15) is 11.8 Å². The number of ether oxygens (including phenoxy) is 2. The van der Waals surface area contributed by atoms with E-state index in [2.05, 4.69) is 6.07 Å². The molecule has 0 unspecified atom stereocenters. The summed E-state index contributed by atoms with van der Waals surface area (Å²) < 4.78 is 11.0. The van der Waals surface area contributed by atoms with Crippen LogP contribution < -0.4 is 4.74 Å². The Morgan fingerprint density at radius 3 is 2.67 bits per heavy atom. The Morgan fingerprint density at radius 2 is 2.10 bits per heavy atom. The minimum atomic E-state index is -0.703. The first-order valence-corrected chi connectivity index (χ1v) is 7.05. The quantitative estimate of drug-likeness (QED) is 0.901. The fourth-order valence-electron chi connectivity index (χ4n) is 2.61. The van der Waals surface area contributed by atoms with Crippen molar-refractivity contribution >= 4 is 5.97 Å². The predicted molar refractivity (Wildman–Crippen MR) is 75.9 cm³/mol. The van der Waals surface area contributed by atoms with Crippen molar-refractivity contribution in [3.8, 4) is 11.8 Å². The van der Waals surface area contributed by atoms with Crippen molar-refractivity contribution in [3.05, 3.63) is 29.3 Å². The van der Waals surface area contributed by atoms with E-state index in [4.69, 9.17) is 19.8 Å². The number of hydrogen-bond acceptors (Lipinski definition) is 4. The number of carbonyl (C=O) groups is 1. The van der Waals surface area contributed by atoms with Crippen LogP contribution >= 0.6 is 0 Å². The monoisotopic (exact) mass is 289 g/mol. The topological polar surface area (TPSA) is 79.6 Å². The molecule has 2 rings (SSSR count). The third-order valence-corrected chi connectivity index (χ3v) is 3.90. The van der Waals surface area contributed by atoms with E-state index in [1.807, 2.05) is 6.07 Å². The second-order valence-corrected chi connectivity index (χ2v) is 5.27. The van der Waals surface area contributed by atoms with Gasteiger partial charge in [0.25, 0.3) is 0 Å². The molecule has 5 nitrogen and oxygen atoms in total. The molecule has 0 saturated heterocycles. The van der Waals surface area contributed by atoms with Crippen LogP contribution in [0, 0.1) is 17.2 Å². The molecule has 1 saturated carbocycles. The van der Waals surface area contributed by atoms with Crippen molar-refractivity contribution < 1.29 is 19.4 Å². The van der Waals surface area contributed by atoms with E-state index in [1.54, 1.807) is 12.1 Å². The molecule has 5 heteroatoms. The van der Waals surface area contributed by atoms with E-state index < -0.39 is 5.97 Å². The first-order chi connectivity index (χ1) is 10.1. The number of aliphatic carboxylic acids is 1. The van der Waals surface area contributed by atoms with Gasteiger partial charge in [-0.1, -0.05) is 6.07 Å². The van der Waals surface area contributed by atoms with Crippen LogP contribution in [-0.2, 0) is 16.1 Å². The van der Waals surface area contributed by atoms with Crippen LogP contribution in [0.1, 0.15) is 36.8 Å². The lowest BCUT2D eigenvalue weighted by atomic mass is 9.87. The summed E-state index contributed by atoms with van der Waals surface area (Å²) in [5.74, 6) is -0.377. The summed E-state index contributed by atoms with van der Waals surface area (Å²) in [6.45, 7) is 0.449. The molecule has 1 aliphatic carbocycles. The molecule has 1 aliphatic rings. The Hall–Kier alpha value is -2.06. The summed E-state index contributed by atoms with van der Waals surface area (Å²) in [6.07, 6.45) is 3.03.